The van der Waals surface area contributed by atoms with Gasteiger partial charge in [0.25, 0.3) is 0 Å². The summed E-state index contributed by atoms with van der Waals surface area (Å²) in [6, 6.07) is -6.13. The number of aliphatic hydroxyl groups is 10. The SMILES string of the molecule is CN[C@@H]1[C@@H](O)[C@@H](O[C@@H]2[C@@H](O)[C@H](O[C@H]3OC(CCCCO)=CC[C@H]3N)[C@@H](N)C[C@H]2NC(=O)[C@@H](O)CCN)OC[C@]1(C)O.CN[C@@H]1[C@@H](O)[C@@H](O[C@@H]2[C@@H](O)[C@H](O[C@H]3OC(CCCCO)=CC[C@H]3N)[C@@H](N)C[C@H]2NC(=O)[C@@H](O)CCN)OC[C@]1(C)O. The fourth-order valence-electron chi connectivity index (χ4n) is 11.1. The van der Waals surface area contributed by atoms with Gasteiger partial charge in [-0.2, -0.15) is 0 Å². The Balaban J connectivity index is 0.000000301. The molecule has 2 saturated heterocycles. The van der Waals surface area contributed by atoms with E-state index >= 15 is 0 Å². The molecule has 0 aromatic rings. The molecule has 24 atom stereocenters. The molecule has 0 bridgehead atoms. The summed E-state index contributed by atoms with van der Waals surface area (Å²) < 4.78 is 47.6. The van der Waals surface area contributed by atoms with Crippen LogP contribution in [0.2, 0.25) is 0 Å². The normalized spacial score (nSPS) is 40.4. The number of nitrogens with one attached hydrogen (secondary N) is 4. The molecule has 2 saturated carbocycles. The maximum atomic E-state index is 12.7. The first-order chi connectivity index (χ1) is 38.9. The van der Waals surface area contributed by atoms with Crippen molar-refractivity contribution in [3.05, 3.63) is 23.7 Å². The van der Waals surface area contributed by atoms with E-state index in [0.717, 1.165) is 0 Å². The Morgan fingerprint density at radius 3 is 1.27 bits per heavy atom. The number of nitrogens with two attached hydrogens (primary N) is 6. The van der Waals surface area contributed by atoms with Crippen molar-refractivity contribution in [3.63, 3.8) is 0 Å². The zero-order valence-electron chi connectivity index (χ0n) is 47.6. The summed E-state index contributed by atoms with van der Waals surface area (Å²) in [6.07, 6.45) is -8.49. The number of hydrogen-bond donors (Lipinski definition) is 20. The molecule has 4 fully saturated rings. The molecule has 0 radical (unpaired) electrons. The van der Waals surface area contributed by atoms with Gasteiger partial charge >= 0.3 is 0 Å². The lowest BCUT2D eigenvalue weighted by Crippen LogP contribution is -2.69. The van der Waals surface area contributed by atoms with Gasteiger partial charge < -0.3 is 145 Å². The predicted molar refractivity (Wildman–Crippen MR) is 291 cm³/mol. The number of ether oxygens (including phenoxy) is 8. The molecule has 2 amide bonds. The number of likely N-dealkylation sites (N-methyl/N-ethyl adjacent to an activating group) is 2. The summed E-state index contributed by atoms with van der Waals surface area (Å²) in [5.74, 6) is -0.104. The summed E-state index contributed by atoms with van der Waals surface area (Å²) in [5, 5.41) is 116. The van der Waals surface area contributed by atoms with Gasteiger partial charge in [-0.1, -0.05) is 0 Å². The zero-order valence-corrected chi connectivity index (χ0v) is 47.6. The number of hydrogen-bond acceptors (Lipinski definition) is 28. The number of carbonyl (C=O) groups is 2. The predicted octanol–water partition coefficient (Wildman–Crippen LogP) is -7.56. The molecule has 30 heteroatoms. The van der Waals surface area contributed by atoms with Crippen LogP contribution in [0.15, 0.2) is 23.7 Å². The topological polar surface area (TPSA) is 515 Å². The lowest BCUT2D eigenvalue weighted by atomic mass is 9.83. The Hall–Kier alpha value is -2.94. The molecule has 476 valence electrons. The number of aliphatic hydroxyl groups excluding tert-OH is 8. The quantitative estimate of drug-likeness (QED) is 0.0358. The summed E-state index contributed by atoms with van der Waals surface area (Å²) in [4.78, 5) is 25.4. The van der Waals surface area contributed by atoms with E-state index in [4.69, 9.17) is 82.5 Å². The third-order valence-corrected chi connectivity index (χ3v) is 15.8. The summed E-state index contributed by atoms with van der Waals surface area (Å²) >= 11 is 0. The smallest absolute Gasteiger partial charge is 0.249 e. The minimum absolute atomic E-state index is 0.0267. The first-order valence-corrected chi connectivity index (χ1v) is 28.6. The van der Waals surface area contributed by atoms with Gasteiger partial charge in [0, 0.05) is 38.1 Å². The summed E-state index contributed by atoms with van der Waals surface area (Å²) in [7, 11) is 3.15. The van der Waals surface area contributed by atoms with Crippen molar-refractivity contribution in [2.75, 3.05) is 53.6 Å². The minimum Gasteiger partial charge on any atom is -0.468 e. The van der Waals surface area contributed by atoms with Crippen LogP contribution in [0.1, 0.15) is 90.9 Å². The van der Waals surface area contributed by atoms with Crippen LogP contribution in [0.4, 0.5) is 0 Å². The number of amides is 2. The minimum atomic E-state index is -1.44. The molecule has 30 nitrogen and oxygen atoms in total. The van der Waals surface area contributed by atoms with Crippen molar-refractivity contribution in [3.8, 4) is 0 Å². The molecular formula is C52H98N10O20. The second kappa shape index (κ2) is 32.7. The average Bonchev–Trinajstić information content (AvgIpc) is 3.46. The van der Waals surface area contributed by atoms with Crippen LogP contribution in [0.5, 0.6) is 0 Å². The van der Waals surface area contributed by atoms with Crippen LogP contribution >= 0.6 is 0 Å². The van der Waals surface area contributed by atoms with E-state index in [1.165, 1.54) is 13.8 Å². The van der Waals surface area contributed by atoms with E-state index in [0.29, 0.717) is 62.9 Å². The van der Waals surface area contributed by atoms with Gasteiger partial charge in [-0.05, 0) is 117 Å². The highest BCUT2D eigenvalue weighted by Crippen LogP contribution is 2.35. The van der Waals surface area contributed by atoms with Gasteiger partial charge in [-0.15, -0.1) is 0 Å². The second-order valence-electron chi connectivity index (χ2n) is 22.7. The van der Waals surface area contributed by atoms with E-state index in [-0.39, 0.29) is 65.2 Å². The maximum Gasteiger partial charge on any atom is 0.249 e. The van der Waals surface area contributed by atoms with E-state index in [2.05, 4.69) is 21.3 Å². The van der Waals surface area contributed by atoms with Gasteiger partial charge in [0.2, 0.25) is 24.4 Å². The van der Waals surface area contributed by atoms with E-state index in [1.807, 2.05) is 12.2 Å². The van der Waals surface area contributed by atoms with Crippen LogP contribution < -0.4 is 55.7 Å². The van der Waals surface area contributed by atoms with Gasteiger partial charge in [0.05, 0.1) is 61.0 Å². The van der Waals surface area contributed by atoms with Gasteiger partial charge in [-0.25, -0.2) is 0 Å². The number of unbranched alkanes of at least 4 members (excludes halogenated alkanes) is 2. The Morgan fingerprint density at radius 2 is 0.939 bits per heavy atom. The van der Waals surface area contributed by atoms with Gasteiger partial charge in [0.1, 0.15) is 72.2 Å². The highest BCUT2D eigenvalue weighted by molar-refractivity contribution is 5.81. The highest BCUT2D eigenvalue weighted by Gasteiger charge is 2.54. The van der Waals surface area contributed by atoms with Gasteiger partial charge in [0.15, 0.2) is 12.6 Å². The van der Waals surface area contributed by atoms with Gasteiger partial charge in [-0.3, -0.25) is 9.59 Å². The maximum absolute atomic E-state index is 12.7. The molecule has 2 aliphatic carbocycles. The molecule has 6 rings (SSSR count). The van der Waals surface area contributed by atoms with Crippen molar-refractivity contribution in [1.82, 2.24) is 21.3 Å². The molecule has 0 aromatic heterocycles. The van der Waals surface area contributed by atoms with Crippen LogP contribution in [-0.2, 0) is 47.5 Å². The van der Waals surface area contributed by atoms with Crippen LogP contribution in [0, 0.1) is 0 Å². The molecule has 0 unspecified atom stereocenters. The number of carbonyl (C=O) groups excluding carboxylic acids is 2. The number of rotatable bonds is 26. The molecule has 4 heterocycles. The fourth-order valence-corrected chi connectivity index (χ4v) is 11.1. The van der Waals surface area contributed by atoms with Crippen molar-refractivity contribution in [2.45, 2.75) is 237 Å². The lowest BCUT2D eigenvalue weighted by Gasteiger charge is -2.49. The van der Waals surface area contributed by atoms with Crippen LogP contribution in [0.25, 0.3) is 0 Å². The molecule has 6 aliphatic rings. The van der Waals surface area contributed by atoms with Crippen LogP contribution in [-0.4, -0.2) is 262 Å². The van der Waals surface area contributed by atoms with E-state index in [1.54, 1.807) is 14.1 Å². The Bertz CT molecular complexity index is 1870. The largest absolute Gasteiger partial charge is 0.468 e. The van der Waals surface area contributed by atoms with Crippen molar-refractivity contribution in [2.24, 2.45) is 34.4 Å². The van der Waals surface area contributed by atoms with E-state index < -0.39 is 158 Å². The third kappa shape index (κ3) is 18.5. The molecule has 4 aliphatic heterocycles. The van der Waals surface area contributed by atoms with Crippen LogP contribution in [0.3, 0.4) is 0 Å². The second-order valence-corrected chi connectivity index (χ2v) is 22.7. The monoisotopic (exact) mass is 1180 g/mol. The summed E-state index contributed by atoms with van der Waals surface area (Å²) in [5.41, 5.74) is 33.5. The fraction of sp³-hybridized carbons (Fsp3) is 0.885. The molecule has 26 N–H and O–H groups in total. The Morgan fingerprint density at radius 1 is 0.585 bits per heavy atom. The molecule has 82 heavy (non-hydrogen) atoms. The Labute approximate surface area is 478 Å². The first-order valence-electron chi connectivity index (χ1n) is 28.6. The van der Waals surface area contributed by atoms with Crippen molar-refractivity contribution in [1.29, 1.82) is 0 Å². The van der Waals surface area contributed by atoms with E-state index in [9.17, 15) is 50.4 Å². The first kappa shape index (κ1) is 69.8. The third-order valence-electron chi connectivity index (χ3n) is 15.8. The molecular weight excluding hydrogens is 1080 g/mol. The highest BCUT2D eigenvalue weighted by atomic mass is 16.7. The van der Waals surface area contributed by atoms with Crippen molar-refractivity contribution >= 4 is 11.8 Å². The Kier molecular flexibility index (Phi) is 27.8. The lowest BCUT2D eigenvalue weighted by molar-refractivity contribution is -0.304. The summed E-state index contributed by atoms with van der Waals surface area (Å²) in [6.45, 7) is 2.98. The molecule has 0 spiro atoms. The standard InChI is InChI=1S/2C26H49N5O10/c2*1-26(37)12-38-25(19(35)22(26)30-2)41-21-16(31-23(36)17(33)8-9-27)11-15(29)20(18(21)34)40-24-14(28)7-6-13(39-24)5-3-4-10-32/h2*6,14-22,24-25,30,32-35,37H,3-5,7-12,27-29H2,1-2H3,(H,31,36)/t2*14-,15+,16-,17+,18+,19-,20-,21+,22-,24-,25-,26+/m11/s1. The molecule has 0 aromatic carbocycles. The van der Waals surface area contributed by atoms with Crippen molar-refractivity contribution < 1.29 is 98.5 Å². The zero-order chi connectivity index (χ0) is 60.6. The number of allylic oxidation sites excluding steroid dienone is 2. The average molecular weight is 1180 g/mol.